The molecule has 0 fully saturated rings. The Labute approximate surface area is 135 Å². The van der Waals surface area contributed by atoms with Crippen molar-refractivity contribution in [2.24, 2.45) is 0 Å². The number of urea groups is 1. The van der Waals surface area contributed by atoms with Crippen molar-refractivity contribution in [2.45, 2.75) is 25.7 Å². The number of nitrogens with one attached hydrogen (secondary N) is 2. The van der Waals surface area contributed by atoms with E-state index in [2.05, 4.69) is 22.1 Å². The van der Waals surface area contributed by atoms with E-state index in [0.717, 1.165) is 24.1 Å². The number of amides is 2. The molecule has 1 aromatic carbocycles. The van der Waals surface area contributed by atoms with Gasteiger partial charge in [0.2, 0.25) is 0 Å². The van der Waals surface area contributed by atoms with Crippen LogP contribution in [0.15, 0.2) is 41.1 Å². The van der Waals surface area contributed by atoms with Crippen LogP contribution in [0.4, 0.5) is 10.5 Å². The number of hydrogen-bond acceptors (Lipinski definition) is 3. The Morgan fingerprint density at radius 3 is 2.77 bits per heavy atom. The Morgan fingerprint density at radius 1 is 1.27 bits per heavy atom. The zero-order chi connectivity index (χ0) is 15.8. The van der Waals surface area contributed by atoms with E-state index in [0.29, 0.717) is 6.54 Å². The second-order valence-electron chi connectivity index (χ2n) is 5.25. The number of para-hydroxylation sites is 1. The Kier molecular flexibility index (Phi) is 6.43. The maximum Gasteiger partial charge on any atom is 0.319 e. The van der Waals surface area contributed by atoms with Crippen LogP contribution in [0.5, 0.6) is 0 Å². The lowest BCUT2D eigenvalue weighted by molar-refractivity contribution is 0.250. The largest absolute Gasteiger partial charge is 0.396 e. The van der Waals surface area contributed by atoms with Crippen molar-refractivity contribution in [3.8, 4) is 0 Å². The molecule has 0 aliphatic heterocycles. The summed E-state index contributed by atoms with van der Waals surface area (Å²) in [6, 6.07) is 9.58. The van der Waals surface area contributed by atoms with Gasteiger partial charge in [0.1, 0.15) is 0 Å². The first-order chi connectivity index (χ1) is 10.7. The topological polar surface area (TPSA) is 61.4 Å². The van der Waals surface area contributed by atoms with Crippen molar-refractivity contribution in [2.75, 3.05) is 18.5 Å². The Hall–Kier alpha value is -1.85. The molecule has 1 aromatic heterocycles. The molecule has 2 amide bonds. The molecule has 2 rings (SSSR count). The second kappa shape index (κ2) is 8.56. The highest BCUT2D eigenvalue weighted by molar-refractivity contribution is 7.07. The van der Waals surface area contributed by atoms with Gasteiger partial charge in [-0.25, -0.2) is 4.79 Å². The lowest BCUT2D eigenvalue weighted by Gasteiger charge is -2.15. The maximum atomic E-state index is 11.9. The standard InChI is InChI=1S/C17H22N2O2S/c1-13-4-2-3-5-16(13)19-17(21)18-9-6-14(7-10-20)15-8-11-22-12-15/h2-5,8,11-12,14,20H,6-7,9-10H2,1H3,(H2,18,19,21)/t14-/m1/s1. The van der Waals surface area contributed by atoms with E-state index in [4.69, 9.17) is 0 Å². The molecule has 0 radical (unpaired) electrons. The van der Waals surface area contributed by atoms with Crippen LogP contribution in [0.1, 0.15) is 29.9 Å². The van der Waals surface area contributed by atoms with Crippen LogP contribution >= 0.6 is 11.3 Å². The summed E-state index contributed by atoms with van der Waals surface area (Å²) in [5, 5.41) is 19.1. The van der Waals surface area contributed by atoms with Crippen molar-refractivity contribution in [3.63, 3.8) is 0 Å². The lowest BCUT2D eigenvalue weighted by atomic mass is 9.95. The van der Waals surface area contributed by atoms with Crippen LogP contribution in [0.25, 0.3) is 0 Å². The third kappa shape index (κ3) is 4.86. The molecule has 0 bridgehead atoms. The Morgan fingerprint density at radius 2 is 2.09 bits per heavy atom. The molecule has 0 aliphatic rings. The van der Waals surface area contributed by atoms with Crippen LogP contribution in [-0.4, -0.2) is 24.3 Å². The third-order valence-corrected chi connectivity index (χ3v) is 4.37. The van der Waals surface area contributed by atoms with Gasteiger partial charge in [0.25, 0.3) is 0 Å². The highest BCUT2D eigenvalue weighted by Gasteiger charge is 2.12. The van der Waals surface area contributed by atoms with Gasteiger partial charge in [-0.15, -0.1) is 0 Å². The van der Waals surface area contributed by atoms with E-state index in [1.165, 1.54) is 5.56 Å². The summed E-state index contributed by atoms with van der Waals surface area (Å²) in [7, 11) is 0. The van der Waals surface area contributed by atoms with Crippen molar-refractivity contribution < 1.29 is 9.90 Å². The van der Waals surface area contributed by atoms with Crippen molar-refractivity contribution in [1.82, 2.24) is 5.32 Å². The van der Waals surface area contributed by atoms with Gasteiger partial charge in [0.05, 0.1) is 0 Å². The average molecular weight is 318 g/mol. The van der Waals surface area contributed by atoms with Gasteiger partial charge in [-0.2, -0.15) is 11.3 Å². The normalized spacial score (nSPS) is 11.9. The summed E-state index contributed by atoms with van der Waals surface area (Å²) in [6.45, 7) is 2.71. The van der Waals surface area contributed by atoms with Gasteiger partial charge < -0.3 is 15.7 Å². The summed E-state index contributed by atoms with van der Waals surface area (Å²) in [5.74, 6) is 0.287. The first kappa shape index (κ1) is 16.5. The molecule has 22 heavy (non-hydrogen) atoms. The fraction of sp³-hybridized carbons (Fsp3) is 0.353. The third-order valence-electron chi connectivity index (χ3n) is 3.66. The predicted octanol–water partition coefficient (Wildman–Crippen LogP) is 3.73. The molecule has 0 saturated heterocycles. The number of anilines is 1. The average Bonchev–Trinajstić information content (AvgIpc) is 3.03. The molecule has 3 N–H and O–H groups in total. The molecule has 2 aromatic rings. The van der Waals surface area contributed by atoms with E-state index in [-0.39, 0.29) is 18.6 Å². The number of rotatable bonds is 7. The zero-order valence-corrected chi connectivity index (χ0v) is 13.5. The predicted molar refractivity (Wildman–Crippen MR) is 91.6 cm³/mol. The molecule has 4 nitrogen and oxygen atoms in total. The smallest absolute Gasteiger partial charge is 0.319 e. The molecular weight excluding hydrogens is 296 g/mol. The number of thiophene rings is 1. The first-order valence-corrected chi connectivity index (χ1v) is 8.38. The van der Waals surface area contributed by atoms with Crippen molar-refractivity contribution >= 4 is 23.1 Å². The minimum Gasteiger partial charge on any atom is -0.396 e. The molecule has 0 unspecified atom stereocenters. The molecule has 0 aliphatic carbocycles. The molecule has 5 heteroatoms. The summed E-state index contributed by atoms with van der Waals surface area (Å²) in [6.07, 6.45) is 1.54. The molecule has 0 spiro atoms. The number of aryl methyl sites for hydroxylation is 1. The summed E-state index contributed by atoms with van der Waals surface area (Å²) < 4.78 is 0. The number of carbonyl (C=O) groups excluding carboxylic acids is 1. The zero-order valence-electron chi connectivity index (χ0n) is 12.7. The number of aliphatic hydroxyl groups excluding tert-OH is 1. The van der Waals surface area contributed by atoms with Crippen LogP contribution in [0.3, 0.4) is 0 Å². The quantitative estimate of drug-likeness (QED) is 0.728. The van der Waals surface area contributed by atoms with E-state index >= 15 is 0 Å². The van der Waals surface area contributed by atoms with Crippen LogP contribution in [-0.2, 0) is 0 Å². The fourth-order valence-electron chi connectivity index (χ4n) is 2.38. The first-order valence-electron chi connectivity index (χ1n) is 7.44. The fourth-order valence-corrected chi connectivity index (χ4v) is 3.12. The lowest BCUT2D eigenvalue weighted by Crippen LogP contribution is -2.30. The van der Waals surface area contributed by atoms with Crippen LogP contribution < -0.4 is 10.6 Å². The van der Waals surface area contributed by atoms with Gasteiger partial charge in [-0.3, -0.25) is 0 Å². The Balaban J connectivity index is 1.79. The summed E-state index contributed by atoms with van der Waals surface area (Å²) >= 11 is 1.66. The maximum absolute atomic E-state index is 11.9. The van der Waals surface area contributed by atoms with E-state index < -0.39 is 0 Å². The van der Waals surface area contributed by atoms with Crippen molar-refractivity contribution in [3.05, 3.63) is 52.2 Å². The minimum absolute atomic E-state index is 0.163. The molecule has 0 saturated carbocycles. The highest BCUT2D eigenvalue weighted by atomic mass is 32.1. The number of carbonyl (C=O) groups is 1. The molecular formula is C17H22N2O2S. The minimum atomic E-state index is -0.192. The van der Waals surface area contributed by atoms with Crippen LogP contribution in [0.2, 0.25) is 0 Å². The number of hydrogen-bond donors (Lipinski definition) is 3. The molecule has 1 atom stereocenters. The number of aliphatic hydroxyl groups is 1. The van der Waals surface area contributed by atoms with Gasteiger partial charge in [0.15, 0.2) is 0 Å². The van der Waals surface area contributed by atoms with Gasteiger partial charge >= 0.3 is 6.03 Å². The molecule has 118 valence electrons. The number of benzene rings is 1. The Bertz CT molecular complexity index is 584. The monoisotopic (exact) mass is 318 g/mol. The van der Waals surface area contributed by atoms with Crippen molar-refractivity contribution in [1.29, 1.82) is 0 Å². The molecule has 1 heterocycles. The summed E-state index contributed by atoms with van der Waals surface area (Å²) in [5.41, 5.74) is 3.10. The highest BCUT2D eigenvalue weighted by Crippen LogP contribution is 2.24. The SMILES string of the molecule is Cc1ccccc1NC(=O)NCC[C@H](CCO)c1ccsc1. The summed E-state index contributed by atoms with van der Waals surface area (Å²) in [4.78, 5) is 11.9. The van der Waals surface area contributed by atoms with Gasteiger partial charge in [0, 0.05) is 18.8 Å². The van der Waals surface area contributed by atoms with E-state index in [1.54, 1.807) is 11.3 Å². The van der Waals surface area contributed by atoms with E-state index in [9.17, 15) is 9.90 Å². The van der Waals surface area contributed by atoms with E-state index in [1.807, 2.05) is 36.6 Å². The van der Waals surface area contributed by atoms with Gasteiger partial charge in [-0.05, 0) is 59.7 Å². The second-order valence-corrected chi connectivity index (χ2v) is 6.03. The van der Waals surface area contributed by atoms with Gasteiger partial charge in [-0.1, -0.05) is 18.2 Å². The van der Waals surface area contributed by atoms with Crippen LogP contribution in [0, 0.1) is 6.92 Å².